The van der Waals surface area contributed by atoms with Crippen LogP contribution in [0.15, 0.2) is 24.3 Å². The van der Waals surface area contributed by atoms with Crippen molar-refractivity contribution in [3.8, 4) is 0 Å². The zero-order valence-corrected chi connectivity index (χ0v) is 15.4. The first kappa shape index (κ1) is 20.4. The van der Waals surface area contributed by atoms with Crippen LogP contribution in [-0.4, -0.2) is 52.8 Å². The number of hydrogen-bond donors (Lipinski definition) is 3. The van der Waals surface area contributed by atoms with Gasteiger partial charge in [-0.15, -0.1) is 0 Å². The second kappa shape index (κ2) is 9.70. The van der Waals surface area contributed by atoms with E-state index in [0.717, 1.165) is 19.3 Å². The van der Waals surface area contributed by atoms with Crippen LogP contribution in [0.2, 0.25) is 0 Å². The molecular formula is C19H25N3O5. The van der Waals surface area contributed by atoms with Gasteiger partial charge in [0.25, 0.3) is 5.91 Å². The monoisotopic (exact) mass is 375 g/mol. The van der Waals surface area contributed by atoms with Crippen LogP contribution < -0.4 is 10.6 Å². The molecule has 1 saturated heterocycles. The number of nitrogens with one attached hydrogen (secondary N) is 2. The molecule has 1 aliphatic heterocycles. The highest BCUT2D eigenvalue weighted by Crippen LogP contribution is 2.20. The average Bonchev–Trinajstić information content (AvgIpc) is 2.66. The first-order valence-corrected chi connectivity index (χ1v) is 9.12. The van der Waals surface area contributed by atoms with E-state index in [1.165, 1.54) is 12.1 Å². The van der Waals surface area contributed by atoms with E-state index >= 15 is 0 Å². The molecule has 1 atom stereocenters. The maximum absolute atomic E-state index is 12.6. The summed E-state index contributed by atoms with van der Waals surface area (Å²) in [6.45, 7) is 2.07. The van der Waals surface area contributed by atoms with Crippen molar-refractivity contribution in [1.82, 2.24) is 10.2 Å². The Hall–Kier alpha value is -2.90. The minimum Gasteiger partial charge on any atom is -0.480 e. The summed E-state index contributed by atoms with van der Waals surface area (Å²) in [5.74, 6) is -1.86. The number of hydrogen-bond acceptors (Lipinski definition) is 4. The van der Waals surface area contributed by atoms with E-state index in [9.17, 15) is 19.2 Å². The second-order valence-electron chi connectivity index (χ2n) is 6.49. The Balaban J connectivity index is 1.98. The Bertz CT molecular complexity index is 702. The van der Waals surface area contributed by atoms with Gasteiger partial charge >= 0.3 is 5.97 Å². The summed E-state index contributed by atoms with van der Waals surface area (Å²) >= 11 is 0. The highest BCUT2D eigenvalue weighted by atomic mass is 16.4. The highest BCUT2D eigenvalue weighted by Gasteiger charge is 2.31. The molecular weight excluding hydrogens is 350 g/mol. The summed E-state index contributed by atoms with van der Waals surface area (Å²) in [6.07, 6.45) is 3.62. The lowest BCUT2D eigenvalue weighted by molar-refractivity contribution is -0.140. The van der Waals surface area contributed by atoms with Crippen LogP contribution in [0.1, 0.15) is 49.4 Å². The normalized spacial score (nSPS) is 16.5. The van der Waals surface area contributed by atoms with E-state index in [2.05, 4.69) is 10.6 Å². The second-order valence-corrected chi connectivity index (χ2v) is 6.49. The van der Waals surface area contributed by atoms with Gasteiger partial charge in [0.1, 0.15) is 12.6 Å². The van der Waals surface area contributed by atoms with Crippen molar-refractivity contribution in [3.05, 3.63) is 29.8 Å². The number of aliphatic carboxylic acids is 1. The molecule has 27 heavy (non-hydrogen) atoms. The molecule has 2 rings (SSSR count). The number of anilines is 1. The zero-order valence-electron chi connectivity index (χ0n) is 15.4. The predicted molar refractivity (Wildman–Crippen MR) is 99.3 cm³/mol. The van der Waals surface area contributed by atoms with Crippen LogP contribution in [0.4, 0.5) is 5.69 Å². The topological polar surface area (TPSA) is 116 Å². The van der Waals surface area contributed by atoms with Gasteiger partial charge in [-0.3, -0.25) is 19.2 Å². The van der Waals surface area contributed by atoms with Crippen LogP contribution in [-0.2, 0) is 14.4 Å². The molecule has 0 spiro atoms. The Kier molecular flexibility index (Phi) is 7.34. The van der Waals surface area contributed by atoms with Gasteiger partial charge in [0.2, 0.25) is 11.8 Å². The minimum absolute atomic E-state index is 0.00259. The number of carbonyl (C=O) groups is 4. The molecule has 8 heteroatoms. The third kappa shape index (κ3) is 5.80. The van der Waals surface area contributed by atoms with Gasteiger partial charge in [0.15, 0.2) is 0 Å². The fourth-order valence-corrected chi connectivity index (χ4v) is 3.05. The number of nitrogens with zero attached hydrogens (tertiary/aromatic N) is 1. The predicted octanol–water partition coefficient (Wildman–Crippen LogP) is 1.62. The van der Waals surface area contributed by atoms with E-state index in [4.69, 9.17) is 5.11 Å². The van der Waals surface area contributed by atoms with Crippen LogP contribution in [0.5, 0.6) is 0 Å². The molecule has 1 heterocycles. The molecule has 8 nitrogen and oxygen atoms in total. The molecule has 3 amide bonds. The van der Waals surface area contributed by atoms with Gasteiger partial charge in [-0.05, 0) is 49.9 Å². The van der Waals surface area contributed by atoms with Crippen molar-refractivity contribution in [2.75, 3.05) is 18.4 Å². The number of rotatable bonds is 7. The van der Waals surface area contributed by atoms with Crippen LogP contribution in [0, 0.1) is 0 Å². The maximum Gasteiger partial charge on any atom is 0.322 e. The van der Waals surface area contributed by atoms with Crippen molar-refractivity contribution in [2.45, 2.75) is 45.1 Å². The van der Waals surface area contributed by atoms with Crippen molar-refractivity contribution < 1.29 is 24.3 Å². The van der Waals surface area contributed by atoms with Crippen LogP contribution in [0.25, 0.3) is 0 Å². The van der Waals surface area contributed by atoms with Crippen LogP contribution in [0.3, 0.4) is 0 Å². The fraction of sp³-hybridized carbons (Fsp3) is 0.474. The molecule has 1 aliphatic rings. The molecule has 0 radical (unpaired) electrons. The number of carbonyl (C=O) groups excluding carboxylic acids is 3. The first-order chi connectivity index (χ1) is 12.9. The summed E-state index contributed by atoms with van der Waals surface area (Å²) in [4.78, 5) is 48.8. The Morgan fingerprint density at radius 2 is 1.85 bits per heavy atom. The number of amides is 3. The smallest absolute Gasteiger partial charge is 0.322 e. The lowest BCUT2D eigenvalue weighted by Crippen LogP contribution is -2.49. The highest BCUT2D eigenvalue weighted by molar-refractivity contribution is 5.99. The zero-order chi connectivity index (χ0) is 19.8. The fourth-order valence-electron chi connectivity index (χ4n) is 3.05. The van der Waals surface area contributed by atoms with Gasteiger partial charge in [-0.1, -0.05) is 6.92 Å². The third-order valence-electron chi connectivity index (χ3n) is 4.40. The SMILES string of the molecule is CCCC(=O)N1CCCCC1C(=O)Nc1ccc(C(=O)NCC(=O)O)cc1. The molecule has 0 aliphatic carbocycles. The largest absolute Gasteiger partial charge is 0.480 e. The average molecular weight is 375 g/mol. The molecule has 3 N–H and O–H groups in total. The van der Waals surface area contributed by atoms with Gasteiger partial charge in [-0.25, -0.2) is 0 Å². The van der Waals surface area contributed by atoms with E-state index in [-0.39, 0.29) is 11.8 Å². The maximum atomic E-state index is 12.6. The van der Waals surface area contributed by atoms with Gasteiger partial charge in [0.05, 0.1) is 0 Å². The Labute approximate surface area is 157 Å². The third-order valence-corrected chi connectivity index (χ3v) is 4.40. The minimum atomic E-state index is -1.12. The standard InChI is InChI=1S/C19H25N3O5/c1-2-5-16(23)22-11-4-3-6-15(22)19(27)21-14-9-7-13(8-10-14)18(26)20-12-17(24)25/h7-10,15H,2-6,11-12H2,1H3,(H,20,26)(H,21,27)(H,24,25). The Morgan fingerprint density at radius 1 is 1.15 bits per heavy atom. The summed E-state index contributed by atoms with van der Waals surface area (Å²) in [5, 5.41) is 13.6. The quantitative estimate of drug-likeness (QED) is 0.670. The summed E-state index contributed by atoms with van der Waals surface area (Å²) in [7, 11) is 0. The summed E-state index contributed by atoms with van der Waals surface area (Å²) in [5.41, 5.74) is 0.815. The van der Waals surface area contributed by atoms with Gasteiger partial charge in [-0.2, -0.15) is 0 Å². The molecule has 1 fully saturated rings. The molecule has 0 aromatic heterocycles. The summed E-state index contributed by atoms with van der Waals surface area (Å²) < 4.78 is 0. The Morgan fingerprint density at radius 3 is 2.48 bits per heavy atom. The van der Waals surface area contributed by atoms with E-state index in [1.807, 2.05) is 6.92 Å². The molecule has 1 aromatic rings. The van der Waals surface area contributed by atoms with E-state index < -0.39 is 24.5 Å². The number of benzene rings is 1. The molecule has 1 aromatic carbocycles. The summed E-state index contributed by atoms with van der Waals surface area (Å²) in [6, 6.07) is 5.70. The first-order valence-electron chi connectivity index (χ1n) is 9.12. The van der Waals surface area contributed by atoms with Crippen molar-refractivity contribution >= 4 is 29.4 Å². The van der Waals surface area contributed by atoms with E-state index in [0.29, 0.717) is 30.6 Å². The number of piperidine rings is 1. The lowest BCUT2D eigenvalue weighted by atomic mass is 10.0. The van der Waals surface area contributed by atoms with Crippen molar-refractivity contribution in [3.63, 3.8) is 0 Å². The number of likely N-dealkylation sites (tertiary alicyclic amines) is 1. The molecule has 1 unspecified atom stereocenters. The molecule has 0 bridgehead atoms. The molecule has 146 valence electrons. The van der Waals surface area contributed by atoms with Crippen molar-refractivity contribution in [2.24, 2.45) is 0 Å². The lowest BCUT2D eigenvalue weighted by Gasteiger charge is -2.34. The molecule has 0 saturated carbocycles. The van der Waals surface area contributed by atoms with Gasteiger partial charge < -0.3 is 20.6 Å². The van der Waals surface area contributed by atoms with Gasteiger partial charge in [0, 0.05) is 24.2 Å². The van der Waals surface area contributed by atoms with Crippen molar-refractivity contribution in [1.29, 1.82) is 0 Å². The van der Waals surface area contributed by atoms with E-state index in [1.54, 1.807) is 17.0 Å². The number of carboxylic acid groups (broad SMARTS) is 1. The number of carboxylic acids is 1. The van der Waals surface area contributed by atoms with Crippen LogP contribution >= 0.6 is 0 Å².